The Morgan fingerprint density at radius 2 is 2.22 bits per heavy atom. The highest BCUT2D eigenvalue weighted by atomic mass is 15.3. The summed E-state index contributed by atoms with van der Waals surface area (Å²) in [5, 5.41) is 2.55. The molecule has 3 saturated heterocycles. The third-order valence-electron chi connectivity index (χ3n) is 3.24. The van der Waals surface area contributed by atoms with Crippen molar-refractivity contribution in [2.24, 2.45) is 0 Å². The zero-order valence-corrected chi connectivity index (χ0v) is 5.59. The Morgan fingerprint density at radius 1 is 1.22 bits per heavy atom. The Bertz CT molecular complexity index is 132. The van der Waals surface area contributed by atoms with Gasteiger partial charge in [0.05, 0.1) is 19.1 Å². The minimum absolute atomic E-state index is 0.980. The molecule has 2 nitrogen and oxygen atoms in total. The van der Waals surface area contributed by atoms with Crippen molar-refractivity contribution in [2.45, 2.75) is 31.0 Å². The predicted molar refractivity (Wildman–Crippen MR) is 34.1 cm³/mol. The van der Waals surface area contributed by atoms with Gasteiger partial charge < -0.3 is 5.32 Å². The number of rotatable bonds is 0. The summed E-state index contributed by atoms with van der Waals surface area (Å²) in [4.78, 5) is 2.70. The molecule has 0 aromatic rings. The lowest BCUT2D eigenvalue weighted by Gasteiger charge is -2.43. The molecule has 3 aliphatic rings. The predicted octanol–water partition coefficient (Wildman–Crippen LogP) is -1.22. The van der Waals surface area contributed by atoms with E-state index in [1.54, 1.807) is 0 Å². The van der Waals surface area contributed by atoms with E-state index in [1.807, 2.05) is 0 Å². The highest BCUT2D eigenvalue weighted by molar-refractivity contribution is 5.01. The first-order chi connectivity index (χ1) is 4.43. The summed E-state index contributed by atoms with van der Waals surface area (Å²) in [6.07, 6.45) is 2.99. The molecular weight excluding hydrogens is 112 g/mol. The Kier molecular flexibility index (Phi) is 0.691. The fraction of sp³-hybridized carbons (Fsp3) is 1.00. The fourth-order valence-corrected chi connectivity index (χ4v) is 2.72. The number of nitrogens with two attached hydrogens (primary N) is 1. The molecule has 0 aromatic carbocycles. The minimum Gasteiger partial charge on any atom is -0.341 e. The lowest BCUT2D eigenvalue weighted by Crippen LogP contribution is -2.95. The van der Waals surface area contributed by atoms with Crippen LogP contribution in [0.2, 0.25) is 0 Å². The monoisotopic (exact) mass is 125 g/mol. The van der Waals surface area contributed by atoms with Crippen LogP contribution in [0.1, 0.15) is 12.8 Å². The van der Waals surface area contributed by atoms with Gasteiger partial charge in [0.15, 0.2) is 0 Å². The molecule has 2 heteroatoms. The first-order valence-corrected chi connectivity index (χ1v) is 4.02. The van der Waals surface area contributed by atoms with E-state index in [-0.39, 0.29) is 0 Å². The standard InChI is InChI=1S/C7H12N2/c1-5-4-9-6(1)2-7(9)3-8-5/h5-8H,1-4H2/p+1. The van der Waals surface area contributed by atoms with E-state index in [4.69, 9.17) is 0 Å². The molecule has 3 aliphatic heterocycles. The minimum atomic E-state index is 0.980. The number of hydrogen-bond donors (Lipinski definition) is 1. The Balaban J connectivity index is 1.95. The summed E-state index contributed by atoms with van der Waals surface area (Å²) in [5.41, 5.74) is 0. The van der Waals surface area contributed by atoms with Gasteiger partial charge in [-0.05, 0) is 6.42 Å². The van der Waals surface area contributed by atoms with Gasteiger partial charge in [-0.2, -0.15) is 0 Å². The maximum atomic E-state index is 2.70. The molecule has 2 N–H and O–H groups in total. The van der Waals surface area contributed by atoms with Gasteiger partial charge in [0.1, 0.15) is 6.04 Å². The Morgan fingerprint density at radius 3 is 3.11 bits per heavy atom. The summed E-state index contributed by atoms with van der Waals surface area (Å²) in [5.74, 6) is 0. The molecule has 3 fully saturated rings. The van der Waals surface area contributed by atoms with Crippen LogP contribution in [-0.4, -0.2) is 36.1 Å². The van der Waals surface area contributed by atoms with E-state index < -0.39 is 0 Å². The van der Waals surface area contributed by atoms with Crippen LogP contribution in [0, 0.1) is 0 Å². The highest BCUT2D eigenvalue weighted by Gasteiger charge is 2.51. The van der Waals surface area contributed by atoms with Gasteiger partial charge in [0.2, 0.25) is 0 Å². The van der Waals surface area contributed by atoms with Gasteiger partial charge in [0, 0.05) is 12.5 Å². The molecule has 9 heavy (non-hydrogen) atoms. The quantitative estimate of drug-likeness (QED) is 0.430. The zero-order valence-electron chi connectivity index (χ0n) is 5.59. The van der Waals surface area contributed by atoms with Gasteiger partial charge in [-0.15, -0.1) is 0 Å². The van der Waals surface area contributed by atoms with Crippen LogP contribution in [0.15, 0.2) is 0 Å². The van der Waals surface area contributed by atoms with Crippen LogP contribution >= 0.6 is 0 Å². The normalized spacial score (nSPS) is 55.3. The summed E-state index contributed by atoms with van der Waals surface area (Å²) in [6, 6.07) is 2.97. The Labute approximate surface area is 55.2 Å². The van der Waals surface area contributed by atoms with Gasteiger partial charge >= 0.3 is 0 Å². The van der Waals surface area contributed by atoms with Crippen LogP contribution in [-0.2, 0) is 0 Å². The fourth-order valence-electron chi connectivity index (χ4n) is 2.72. The van der Waals surface area contributed by atoms with E-state index in [1.165, 1.54) is 25.9 Å². The van der Waals surface area contributed by atoms with Crippen molar-refractivity contribution in [3.05, 3.63) is 0 Å². The third kappa shape index (κ3) is 0.447. The van der Waals surface area contributed by atoms with E-state index >= 15 is 0 Å². The van der Waals surface area contributed by atoms with Crippen molar-refractivity contribution in [3.8, 4) is 0 Å². The molecule has 0 spiro atoms. The molecule has 3 unspecified atom stereocenters. The SMILES string of the molecule is C1[NH2+]C2CC3CC1N3C2. The van der Waals surface area contributed by atoms with Crippen LogP contribution in [0.4, 0.5) is 0 Å². The first kappa shape index (κ1) is 4.69. The lowest BCUT2D eigenvalue weighted by molar-refractivity contribution is -0.696. The molecule has 3 rings (SSSR count). The van der Waals surface area contributed by atoms with Crippen molar-refractivity contribution in [2.75, 3.05) is 13.1 Å². The van der Waals surface area contributed by atoms with Crippen molar-refractivity contribution in [1.29, 1.82) is 0 Å². The molecular formula is C7H13N2+. The maximum absolute atomic E-state index is 2.70. The van der Waals surface area contributed by atoms with Gasteiger partial charge in [-0.25, -0.2) is 0 Å². The molecule has 3 atom stereocenters. The lowest BCUT2D eigenvalue weighted by atomic mass is 9.96. The van der Waals surface area contributed by atoms with E-state index in [0.717, 1.165) is 18.1 Å². The molecule has 50 valence electrons. The molecule has 0 aliphatic carbocycles. The van der Waals surface area contributed by atoms with Crippen molar-refractivity contribution in [1.82, 2.24) is 4.90 Å². The number of quaternary nitrogens is 1. The largest absolute Gasteiger partial charge is 0.341 e. The number of fused-ring (bicyclic) bond motifs is 1. The zero-order chi connectivity index (χ0) is 5.84. The number of hydrogen-bond acceptors (Lipinski definition) is 1. The first-order valence-electron chi connectivity index (χ1n) is 4.02. The van der Waals surface area contributed by atoms with E-state index in [2.05, 4.69) is 10.2 Å². The van der Waals surface area contributed by atoms with Crippen molar-refractivity contribution >= 4 is 0 Å². The summed E-state index contributed by atoms with van der Waals surface area (Å²) < 4.78 is 0. The van der Waals surface area contributed by atoms with Crippen LogP contribution in [0.25, 0.3) is 0 Å². The van der Waals surface area contributed by atoms with Crippen molar-refractivity contribution in [3.63, 3.8) is 0 Å². The molecule has 3 heterocycles. The average molecular weight is 125 g/mol. The highest BCUT2D eigenvalue weighted by Crippen LogP contribution is 2.34. The molecule has 0 radical (unpaired) electrons. The number of piperazine rings is 1. The smallest absolute Gasteiger partial charge is 0.100 e. The summed E-state index contributed by atoms with van der Waals surface area (Å²) in [6.45, 7) is 2.79. The third-order valence-corrected chi connectivity index (χ3v) is 3.24. The molecule has 0 saturated carbocycles. The Hall–Kier alpha value is -0.0800. The summed E-state index contributed by atoms with van der Waals surface area (Å²) >= 11 is 0. The summed E-state index contributed by atoms with van der Waals surface area (Å²) in [7, 11) is 0. The molecule has 0 amide bonds. The van der Waals surface area contributed by atoms with Crippen LogP contribution in [0.5, 0.6) is 0 Å². The van der Waals surface area contributed by atoms with Crippen LogP contribution in [0.3, 0.4) is 0 Å². The number of nitrogens with zero attached hydrogens (tertiary/aromatic N) is 1. The topological polar surface area (TPSA) is 19.9 Å². The second-order valence-corrected chi connectivity index (χ2v) is 3.71. The second-order valence-electron chi connectivity index (χ2n) is 3.71. The van der Waals surface area contributed by atoms with E-state index in [0.29, 0.717) is 0 Å². The molecule has 0 aromatic heterocycles. The van der Waals surface area contributed by atoms with Crippen LogP contribution < -0.4 is 5.32 Å². The maximum Gasteiger partial charge on any atom is 0.100 e. The van der Waals surface area contributed by atoms with Gasteiger partial charge in [-0.3, -0.25) is 4.90 Å². The van der Waals surface area contributed by atoms with Gasteiger partial charge in [0.25, 0.3) is 0 Å². The van der Waals surface area contributed by atoms with Crippen molar-refractivity contribution < 1.29 is 5.32 Å². The second kappa shape index (κ2) is 1.32. The van der Waals surface area contributed by atoms with E-state index in [9.17, 15) is 0 Å². The van der Waals surface area contributed by atoms with Gasteiger partial charge in [-0.1, -0.05) is 0 Å². The average Bonchev–Trinajstić information content (AvgIpc) is 2.04. The molecule has 2 bridgehead atoms.